The highest BCUT2D eigenvalue weighted by Gasteiger charge is 2.51. The SMILES string of the molecule is C/C(=C\C1=CC=C(B2OC(C)(C)C(C)(C)O2)C=CC1)C(=O)OC(C)(C)C. The van der Waals surface area contributed by atoms with Crippen LogP contribution in [0.4, 0.5) is 0 Å². The Morgan fingerprint density at radius 2 is 1.73 bits per heavy atom. The van der Waals surface area contributed by atoms with Gasteiger partial charge in [0.15, 0.2) is 0 Å². The molecule has 1 saturated heterocycles. The molecular formula is C21H31BO4. The van der Waals surface area contributed by atoms with E-state index in [1.165, 1.54) is 0 Å². The van der Waals surface area contributed by atoms with Crippen molar-refractivity contribution in [2.24, 2.45) is 0 Å². The molecule has 0 aromatic carbocycles. The number of carbonyl (C=O) groups excluding carboxylic acids is 1. The molecule has 0 N–H and O–H groups in total. The summed E-state index contributed by atoms with van der Waals surface area (Å²) >= 11 is 0. The van der Waals surface area contributed by atoms with Crippen LogP contribution in [0.5, 0.6) is 0 Å². The number of esters is 1. The van der Waals surface area contributed by atoms with E-state index in [2.05, 4.69) is 6.08 Å². The van der Waals surface area contributed by atoms with Gasteiger partial charge in [-0.15, -0.1) is 0 Å². The molecule has 4 nitrogen and oxygen atoms in total. The number of carbonyl (C=O) groups is 1. The second-order valence-corrected chi connectivity index (χ2v) is 8.93. The van der Waals surface area contributed by atoms with Crippen LogP contribution < -0.4 is 0 Å². The third-order valence-electron chi connectivity index (χ3n) is 4.80. The largest absolute Gasteiger partial charge is 0.494 e. The molecule has 1 aliphatic heterocycles. The summed E-state index contributed by atoms with van der Waals surface area (Å²) in [5.74, 6) is -0.290. The molecule has 0 bridgehead atoms. The maximum Gasteiger partial charge on any atom is 0.494 e. The van der Waals surface area contributed by atoms with Gasteiger partial charge < -0.3 is 14.0 Å². The van der Waals surface area contributed by atoms with Crippen LogP contribution in [0.15, 0.2) is 47.0 Å². The summed E-state index contributed by atoms with van der Waals surface area (Å²) in [6.45, 7) is 15.6. The number of allylic oxidation sites excluding steroid dienone is 7. The maximum absolute atomic E-state index is 12.1. The van der Waals surface area contributed by atoms with E-state index >= 15 is 0 Å². The lowest BCUT2D eigenvalue weighted by atomic mass is 9.78. The summed E-state index contributed by atoms with van der Waals surface area (Å²) in [6.07, 6.45) is 10.7. The summed E-state index contributed by atoms with van der Waals surface area (Å²) in [5.41, 5.74) is 1.38. The molecule has 0 unspecified atom stereocenters. The zero-order valence-electron chi connectivity index (χ0n) is 17.3. The number of hydrogen-bond donors (Lipinski definition) is 0. The molecule has 0 aromatic rings. The van der Waals surface area contributed by atoms with Gasteiger partial charge in [-0.2, -0.15) is 0 Å². The Balaban J connectivity index is 2.15. The van der Waals surface area contributed by atoms with Gasteiger partial charge in [-0.1, -0.05) is 24.3 Å². The van der Waals surface area contributed by atoms with E-state index in [1.54, 1.807) is 6.92 Å². The van der Waals surface area contributed by atoms with Crippen LogP contribution in [0.25, 0.3) is 0 Å². The van der Waals surface area contributed by atoms with E-state index in [0.717, 1.165) is 17.5 Å². The Kier molecular flexibility index (Phi) is 5.74. The predicted octanol–water partition coefficient (Wildman–Crippen LogP) is 4.72. The maximum atomic E-state index is 12.1. The van der Waals surface area contributed by atoms with Crippen LogP contribution >= 0.6 is 0 Å². The van der Waals surface area contributed by atoms with Gasteiger partial charge in [0.1, 0.15) is 5.60 Å². The number of hydrogen-bond acceptors (Lipinski definition) is 4. The third-order valence-corrected chi connectivity index (χ3v) is 4.80. The van der Waals surface area contributed by atoms with Gasteiger partial charge >= 0.3 is 13.1 Å². The van der Waals surface area contributed by atoms with E-state index in [4.69, 9.17) is 14.0 Å². The van der Waals surface area contributed by atoms with Crippen LogP contribution in [0, 0.1) is 0 Å². The van der Waals surface area contributed by atoms with Gasteiger partial charge in [-0.25, -0.2) is 4.79 Å². The topological polar surface area (TPSA) is 44.8 Å². The van der Waals surface area contributed by atoms with Gasteiger partial charge in [0.05, 0.1) is 11.2 Å². The molecule has 0 amide bonds. The van der Waals surface area contributed by atoms with Crippen molar-refractivity contribution in [3.05, 3.63) is 47.0 Å². The molecule has 0 spiro atoms. The first-order valence-electron chi connectivity index (χ1n) is 9.15. The first-order valence-corrected chi connectivity index (χ1v) is 9.15. The average Bonchev–Trinajstić information content (AvgIpc) is 2.64. The normalized spacial score (nSPS) is 22.6. The van der Waals surface area contributed by atoms with Crippen molar-refractivity contribution in [2.75, 3.05) is 0 Å². The van der Waals surface area contributed by atoms with Crippen LogP contribution in [-0.2, 0) is 18.8 Å². The molecule has 26 heavy (non-hydrogen) atoms. The Bertz CT molecular complexity index is 671. The van der Waals surface area contributed by atoms with E-state index in [-0.39, 0.29) is 24.3 Å². The van der Waals surface area contributed by atoms with Crippen LogP contribution in [-0.4, -0.2) is 29.9 Å². The molecule has 0 saturated carbocycles. The van der Waals surface area contributed by atoms with Crippen LogP contribution in [0.3, 0.4) is 0 Å². The van der Waals surface area contributed by atoms with Crippen molar-refractivity contribution in [1.29, 1.82) is 0 Å². The van der Waals surface area contributed by atoms with Crippen molar-refractivity contribution >= 4 is 13.1 Å². The Hall–Kier alpha value is -1.59. The monoisotopic (exact) mass is 358 g/mol. The molecule has 0 atom stereocenters. The molecule has 2 rings (SSSR count). The first-order chi connectivity index (χ1) is 11.8. The second kappa shape index (κ2) is 7.20. The zero-order chi connectivity index (χ0) is 19.8. The molecule has 2 aliphatic rings. The second-order valence-electron chi connectivity index (χ2n) is 8.93. The van der Waals surface area contributed by atoms with E-state index in [9.17, 15) is 4.79 Å². The molecule has 142 valence electrons. The van der Waals surface area contributed by atoms with Crippen molar-refractivity contribution in [1.82, 2.24) is 0 Å². The summed E-state index contributed by atoms with van der Waals surface area (Å²) in [7, 11) is -0.386. The van der Waals surface area contributed by atoms with Gasteiger partial charge in [0.2, 0.25) is 0 Å². The smallest absolute Gasteiger partial charge is 0.457 e. The highest BCUT2D eigenvalue weighted by molar-refractivity contribution is 6.55. The standard InChI is InChI=1S/C21H31BO4/c1-15(18(23)24-19(2,3)4)14-16-10-9-11-17(13-12-16)22-25-20(5,6)21(7,8)26-22/h9,11-14H,10H2,1-8H3/b15-14+. The lowest BCUT2D eigenvalue weighted by Gasteiger charge is -2.32. The van der Waals surface area contributed by atoms with Crippen molar-refractivity contribution < 1.29 is 18.8 Å². The molecular weight excluding hydrogens is 327 g/mol. The molecule has 0 aromatic heterocycles. The summed E-state index contributed by atoms with van der Waals surface area (Å²) in [4.78, 5) is 12.1. The predicted molar refractivity (Wildman–Crippen MR) is 106 cm³/mol. The third kappa shape index (κ3) is 4.98. The number of ether oxygens (including phenoxy) is 1. The van der Waals surface area contributed by atoms with E-state index in [0.29, 0.717) is 5.57 Å². The Labute approximate surface area is 158 Å². The van der Waals surface area contributed by atoms with Crippen molar-refractivity contribution in [3.8, 4) is 0 Å². The quantitative estimate of drug-likeness (QED) is 0.416. The van der Waals surface area contributed by atoms with Gasteiger partial charge in [0, 0.05) is 5.57 Å². The summed E-state index contributed by atoms with van der Waals surface area (Å²) < 4.78 is 17.6. The fourth-order valence-electron chi connectivity index (χ4n) is 2.60. The van der Waals surface area contributed by atoms with Gasteiger partial charge in [-0.3, -0.25) is 0 Å². The fourth-order valence-corrected chi connectivity index (χ4v) is 2.60. The zero-order valence-corrected chi connectivity index (χ0v) is 17.3. The number of rotatable bonds is 3. The van der Waals surface area contributed by atoms with Crippen molar-refractivity contribution in [2.45, 2.75) is 78.6 Å². The van der Waals surface area contributed by atoms with E-state index < -0.39 is 5.60 Å². The highest BCUT2D eigenvalue weighted by Crippen LogP contribution is 2.39. The van der Waals surface area contributed by atoms with Crippen LogP contribution in [0.2, 0.25) is 0 Å². The van der Waals surface area contributed by atoms with Crippen LogP contribution in [0.1, 0.15) is 61.8 Å². The average molecular weight is 358 g/mol. The molecule has 1 fully saturated rings. The molecule has 1 aliphatic carbocycles. The van der Waals surface area contributed by atoms with Crippen molar-refractivity contribution in [3.63, 3.8) is 0 Å². The summed E-state index contributed by atoms with van der Waals surface area (Å²) in [5, 5.41) is 0. The van der Waals surface area contributed by atoms with Gasteiger partial charge in [0.25, 0.3) is 0 Å². The fraction of sp³-hybridized carbons (Fsp3) is 0.571. The lowest BCUT2D eigenvalue weighted by Crippen LogP contribution is -2.41. The first kappa shape index (κ1) is 20.7. The van der Waals surface area contributed by atoms with Gasteiger partial charge in [-0.05, 0) is 78.9 Å². The molecule has 5 heteroatoms. The minimum atomic E-state index is -0.492. The molecule has 0 radical (unpaired) electrons. The summed E-state index contributed by atoms with van der Waals surface area (Å²) in [6, 6.07) is 0. The lowest BCUT2D eigenvalue weighted by molar-refractivity contribution is -0.149. The minimum Gasteiger partial charge on any atom is -0.457 e. The highest BCUT2D eigenvalue weighted by atomic mass is 16.7. The minimum absolute atomic E-state index is 0.290. The Morgan fingerprint density at radius 3 is 2.27 bits per heavy atom. The Morgan fingerprint density at radius 1 is 1.15 bits per heavy atom. The molecule has 1 heterocycles. The van der Waals surface area contributed by atoms with E-state index in [1.807, 2.05) is 72.8 Å².